The summed E-state index contributed by atoms with van der Waals surface area (Å²) in [6, 6.07) is 0. The van der Waals surface area contributed by atoms with Crippen LogP contribution >= 0.6 is 7.82 Å². The van der Waals surface area contributed by atoms with E-state index in [1.165, 1.54) is 19.3 Å². The van der Waals surface area contributed by atoms with Crippen molar-refractivity contribution in [3.05, 3.63) is 109 Å². The van der Waals surface area contributed by atoms with Crippen molar-refractivity contribution in [2.24, 2.45) is 0 Å². The molecule has 0 aliphatic heterocycles. The van der Waals surface area contributed by atoms with E-state index in [1.807, 2.05) is 12.2 Å². The van der Waals surface area contributed by atoms with Gasteiger partial charge in [-0.1, -0.05) is 142 Å². The highest BCUT2D eigenvalue weighted by Gasteiger charge is 2.51. The van der Waals surface area contributed by atoms with E-state index in [4.69, 9.17) is 18.5 Å². The molecule has 0 saturated heterocycles. The van der Waals surface area contributed by atoms with E-state index in [0.717, 1.165) is 70.6 Å². The Balaban J connectivity index is 2.57. The Morgan fingerprint density at radius 1 is 0.561 bits per heavy atom. The maximum Gasteiger partial charge on any atom is 0.472 e. The van der Waals surface area contributed by atoms with Crippen molar-refractivity contribution in [2.75, 3.05) is 13.2 Å². The molecule has 0 bridgehead atoms. The van der Waals surface area contributed by atoms with Crippen LogP contribution < -0.4 is 0 Å². The molecule has 1 saturated carbocycles. The zero-order chi connectivity index (χ0) is 48.7. The summed E-state index contributed by atoms with van der Waals surface area (Å²) < 4.78 is 33.4. The molecule has 0 heterocycles. The van der Waals surface area contributed by atoms with Gasteiger partial charge in [0.25, 0.3) is 0 Å². The zero-order valence-electron chi connectivity index (χ0n) is 39.3. The van der Waals surface area contributed by atoms with Gasteiger partial charge in [-0.3, -0.25) is 18.6 Å². The Hall–Kier alpha value is -3.53. The molecule has 66 heavy (non-hydrogen) atoms. The molecule has 0 aromatic carbocycles. The number of ether oxygens (including phenoxy) is 2. The fourth-order valence-electron chi connectivity index (χ4n) is 6.36. The number of carbonyl (C=O) groups excluding carboxylic acids is 2. The number of aliphatic hydroxyl groups excluding tert-OH is 6. The lowest BCUT2D eigenvalue weighted by atomic mass is 9.85. The molecule has 3 unspecified atom stereocenters. The third-order valence-electron chi connectivity index (χ3n) is 10.2. The number of phosphoric ester groups is 1. The van der Waals surface area contributed by atoms with Crippen molar-refractivity contribution in [3.8, 4) is 0 Å². The van der Waals surface area contributed by atoms with Crippen LogP contribution in [0.1, 0.15) is 136 Å². The molecular formula is C51H81O14P. The van der Waals surface area contributed by atoms with Gasteiger partial charge in [-0.05, 0) is 89.9 Å². The molecule has 0 amide bonds. The molecule has 0 radical (unpaired) electrons. The van der Waals surface area contributed by atoms with Gasteiger partial charge >= 0.3 is 19.8 Å². The first kappa shape index (κ1) is 60.5. The second-order valence-corrected chi connectivity index (χ2v) is 17.5. The minimum Gasteiger partial charge on any atom is -0.462 e. The van der Waals surface area contributed by atoms with Gasteiger partial charge in [-0.25, -0.2) is 4.57 Å². The van der Waals surface area contributed by atoms with Crippen molar-refractivity contribution in [2.45, 2.75) is 185 Å². The Morgan fingerprint density at radius 2 is 1.05 bits per heavy atom. The van der Waals surface area contributed by atoms with E-state index in [1.54, 1.807) is 12.2 Å². The second kappa shape index (κ2) is 39.5. The van der Waals surface area contributed by atoms with E-state index < -0.39 is 81.8 Å². The average molecular weight is 949 g/mol. The van der Waals surface area contributed by atoms with Crippen LogP contribution in [0.3, 0.4) is 0 Å². The fraction of sp³-hybridized carbons (Fsp3) is 0.608. The number of allylic oxidation sites excluding steroid dienone is 17. The van der Waals surface area contributed by atoms with Gasteiger partial charge in [0.2, 0.25) is 0 Å². The summed E-state index contributed by atoms with van der Waals surface area (Å²) in [5.74, 6) is -1.35. The normalized spacial score (nSPS) is 22.7. The van der Waals surface area contributed by atoms with E-state index in [-0.39, 0.29) is 25.7 Å². The predicted molar refractivity (Wildman–Crippen MR) is 259 cm³/mol. The largest absolute Gasteiger partial charge is 0.472 e. The number of esters is 2. The number of carbonyl (C=O) groups is 2. The first-order valence-corrected chi connectivity index (χ1v) is 25.3. The van der Waals surface area contributed by atoms with Gasteiger partial charge in [0.15, 0.2) is 6.10 Å². The van der Waals surface area contributed by atoms with E-state index in [0.29, 0.717) is 6.42 Å². The molecule has 7 N–H and O–H groups in total. The Kier molecular flexibility index (Phi) is 36.2. The maximum atomic E-state index is 12.8. The van der Waals surface area contributed by atoms with Crippen LogP contribution in [0.5, 0.6) is 0 Å². The third kappa shape index (κ3) is 31.4. The molecule has 0 aromatic heterocycles. The quantitative estimate of drug-likeness (QED) is 0.0102. The number of rotatable bonds is 37. The number of phosphoric acid groups is 1. The van der Waals surface area contributed by atoms with Crippen molar-refractivity contribution < 1.29 is 68.2 Å². The van der Waals surface area contributed by atoms with Crippen LogP contribution in [0, 0.1) is 0 Å². The molecule has 1 aliphatic carbocycles. The SMILES string of the molecule is CC/C=C\C/C=C\C/C=C\C/C=C\C/C=C\CCCCCC(=O)OC[C@H](COP(=O)(O)OC1[C@H](O)[C@H](O)C(O)[C@H](O)[C@H]1O)OC(=O)CCC[C@@H](O)/C=C/C=C\C/C=C\C/C=C\CCCCC. The van der Waals surface area contributed by atoms with Crippen molar-refractivity contribution in [3.63, 3.8) is 0 Å². The number of hydrogen-bond donors (Lipinski definition) is 7. The first-order valence-electron chi connectivity index (χ1n) is 23.8. The highest BCUT2D eigenvalue weighted by atomic mass is 31.2. The molecule has 14 nitrogen and oxygen atoms in total. The molecule has 15 heteroatoms. The topological polar surface area (TPSA) is 230 Å². The van der Waals surface area contributed by atoms with Crippen LogP contribution in [0.4, 0.5) is 0 Å². The summed E-state index contributed by atoms with van der Waals surface area (Å²) in [5.41, 5.74) is 0. The van der Waals surface area contributed by atoms with Gasteiger partial charge in [-0.2, -0.15) is 0 Å². The summed E-state index contributed by atoms with van der Waals surface area (Å²) in [4.78, 5) is 35.8. The molecule has 0 aromatic rings. The number of aliphatic hydroxyl groups is 6. The molecule has 1 fully saturated rings. The highest BCUT2D eigenvalue weighted by molar-refractivity contribution is 7.47. The Bertz CT molecular complexity index is 1580. The summed E-state index contributed by atoms with van der Waals surface area (Å²) in [6.07, 6.45) is 37.2. The monoisotopic (exact) mass is 949 g/mol. The summed E-state index contributed by atoms with van der Waals surface area (Å²) in [5, 5.41) is 60.5. The highest BCUT2D eigenvalue weighted by Crippen LogP contribution is 2.47. The molecular weight excluding hydrogens is 868 g/mol. The van der Waals surface area contributed by atoms with Crippen molar-refractivity contribution in [1.82, 2.24) is 0 Å². The summed E-state index contributed by atoms with van der Waals surface area (Å²) >= 11 is 0. The van der Waals surface area contributed by atoms with Crippen molar-refractivity contribution >= 4 is 19.8 Å². The Labute approximate surface area is 394 Å². The van der Waals surface area contributed by atoms with Crippen LogP contribution in [-0.2, 0) is 32.7 Å². The maximum absolute atomic E-state index is 12.8. The third-order valence-corrected chi connectivity index (χ3v) is 11.2. The van der Waals surface area contributed by atoms with Crippen LogP contribution in [0.25, 0.3) is 0 Å². The lowest BCUT2D eigenvalue weighted by molar-refractivity contribution is -0.220. The predicted octanol–water partition coefficient (Wildman–Crippen LogP) is 8.58. The second-order valence-electron chi connectivity index (χ2n) is 16.1. The minimum absolute atomic E-state index is 0.0803. The number of hydrogen-bond acceptors (Lipinski definition) is 13. The van der Waals surface area contributed by atoms with Crippen LogP contribution in [0.15, 0.2) is 109 Å². The van der Waals surface area contributed by atoms with E-state index >= 15 is 0 Å². The molecule has 1 rings (SSSR count). The lowest BCUT2D eigenvalue weighted by Gasteiger charge is -2.41. The smallest absolute Gasteiger partial charge is 0.462 e. The lowest BCUT2D eigenvalue weighted by Crippen LogP contribution is -2.64. The standard InChI is InChI=1S/C51H81O14P/c1-3-5-7-9-11-13-15-17-18-19-20-21-22-24-26-28-30-32-34-38-44(53)62-40-43(41-63-66(60,61)65-51-49(58)47(56)46(55)48(57)50(51)59)64-45(54)39-35-37-42(52)36-33-31-29-27-25-23-16-14-12-10-8-6-4-2/h5,7,11-14,17-18,20-21,23-26,29,31,33,36,42-43,46-52,55-59H,3-4,6,8-10,15-16,19,22,27-28,30,32,34-35,37-41H2,1-2H3,(H,60,61)/b7-5-,13-11-,14-12-,18-17-,21-20-,25-23-,26-24-,31-29-,36-33+/t42-,43+,46?,47-,48+,49+,50+,51?/m0/s1. The fourth-order valence-corrected chi connectivity index (χ4v) is 7.33. The van der Waals surface area contributed by atoms with Gasteiger partial charge in [0, 0.05) is 12.8 Å². The van der Waals surface area contributed by atoms with E-state index in [9.17, 15) is 49.7 Å². The van der Waals surface area contributed by atoms with E-state index in [2.05, 4.69) is 98.9 Å². The Morgan fingerprint density at radius 3 is 1.59 bits per heavy atom. The summed E-state index contributed by atoms with van der Waals surface area (Å²) in [6.45, 7) is 2.95. The summed E-state index contributed by atoms with van der Waals surface area (Å²) in [7, 11) is -5.19. The van der Waals surface area contributed by atoms with Gasteiger partial charge < -0.3 is 45.0 Å². The molecule has 374 valence electrons. The minimum atomic E-state index is -5.19. The zero-order valence-corrected chi connectivity index (χ0v) is 40.2. The first-order chi connectivity index (χ1) is 31.8. The van der Waals surface area contributed by atoms with Crippen LogP contribution in [0.2, 0.25) is 0 Å². The number of unbranched alkanes of at least 4 members (excludes halogenated alkanes) is 6. The molecule has 0 spiro atoms. The molecule has 1 aliphatic rings. The van der Waals surface area contributed by atoms with Crippen molar-refractivity contribution in [1.29, 1.82) is 0 Å². The van der Waals surface area contributed by atoms with Gasteiger partial charge in [-0.15, -0.1) is 0 Å². The van der Waals surface area contributed by atoms with Gasteiger partial charge in [0.1, 0.15) is 43.2 Å². The van der Waals surface area contributed by atoms with Crippen LogP contribution in [-0.4, -0.2) is 110 Å². The molecule has 9 atom stereocenters. The average Bonchev–Trinajstić information content (AvgIpc) is 3.29. The van der Waals surface area contributed by atoms with Gasteiger partial charge in [0.05, 0.1) is 12.7 Å².